The molecule has 0 radical (unpaired) electrons. The van der Waals surface area contributed by atoms with Gasteiger partial charge in [-0.2, -0.15) is 0 Å². The summed E-state index contributed by atoms with van der Waals surface area (Å²) >= 11 is 0. The van der Waals surface area contributed by atoms with E-state index in [0.717, 1.165) is 12.1 Å². The van der Waals surface area contributed by atoms with Gasteiger partial charge in [-0.05, 0) is 31.5 Å². The molecule has 0 spiro atoms. The maximum Gasteiger partial charge on any atom is 0.232 e. The van der Waals surface area contributed by atoms with E-state index in [9.17, 15) is 17.6 Å². The first kappa shape index (κ1) is 24.2. The number of nitrogens with zero attached hydrogens (tertiary/aromatic N) is 2. The van der Waals surface area contributed by atoms with Gasteiger partial charge in [-0.15, -0.1) is 0 Å². The molecule has 8 nitrogen and oxygen atoms in total. The number of hydrogen-bond acceptors (Lipinski definition) is 6. The third-order valence-corrected chi connectivity index (χ3v) is 6.34. The summed E-state index contributed by atoms with van der Waals surface area (Å²) < 4.78 is 55.8. The van der Waals surface area contributed by atoms with Crippen LogP contribution in [0.25, 0.3) is 11.0 Å². The van der Waals surface area contributed by atoms with Crippen molar-refractivity contribution >= 4 is 44.0 Å². The molecule has 0 saturated carbocycles. The zero-order valence-corrected chi connectivity index (χ0v) is 19.1. The van der Waals surface area contributed by atoms with Crippen LogP contribution in [0.5, 0.6) is 0 Å². The number of ketones is 1. The number of carbonyl (C=O) groups excluding carboxylic acids is 1. The number of anilines is 1. The van der Waals surface area contributed by atoms with Crippen molar-refractivity contribution in [3.63, 3.8) is 0 Å². The standard InChI is InChI=1S/C22H23F2N5O3S/c1-4-7-33(31,32)29-17-6-5-16(23)19(20(17)24)21(30)15-11-28-22-14(15)9-13(10-27-22)18(26-3)8-12(2)25/h5-6,9-11,25,29H,4,7-8H2,1-3H3,(H,27,28). The summed E-state index contributed by atoms with van der Waals surface area (Å²) in [6, 6.07) is 3.39. The van der Waals surface area contributed by atoms with Crippen LogP contribution in [0.4, 0.5) is 14.5 Å². The second-order valence-electron chi connectivity index (χ2n) is 7.48. The quantitative estimate of drug-likeness (QED) is 0.318. The largest absolute Gasteiger partial charge is 0.345 e. The molecule has 3 N–H and O–H groups in total. The van der Waals surface area contributed by atoms with Gasteiger partial charge in [0.2, 0.25) is 15.8 Å². The van der Waals surface area contributed by atoms with E-state index in [2.05, 4.69) is 19.7 Å². The lowest BCUT2D eigenvalue weighted by molar-refractivity contribution is 0.103. The van der Waals surface area contributed by atoms with E-state index in [-0.39, 0.29) is 17.7 Å². The van der Waals surface area contributed by atoms with E-state index in [1.54, 1.807) is 27.0 Å². The van der Waals surface area contributed by atoms with Gasteiger partial charge in [0.1, 0.15) is 11.5 Å². The third-order valence-electron chi connectivity index (χ3n) is 4.87. The minimum Gasteiger partial charge on any atom is -0.345 e. The molecule has 33 heavy (non-hydrogen) atoms. The normalized spacial score (nSPS) is 12.2. The fourth-order valence-corrected chi connectivity index (χ4v) is 4.50. The minimum atomic E-state index is -3.85. The van der Waals surface area contributed by atoms with Crippen molar-refractivity contribution in [2.24, 2.45) is 4.99 Å². The van der Waals surface area contributed by atoms with Gasteiger partial charge >= 0.3 is 0 Å². The van der Waals surface area contributed by atoms with Gasteiger partial charge in [-0.1, -0.05) is 6.92 Å². The lowest BCUT2D eigenvalue weighted by atomic mass is 9.99. The Balaban J connectivity index is 2.08. The molecule has 0 unspecified atom stereocenters. The Hall–Kier alpha value is -3.47. The van der Waals surface area contributed by atoms with E-state index in [4.69, 9.17) is 5.41 Å². The van der Waals surface area contributed by atoms with Crippen molar-refractivity contribution < 1.29 is 22.0 Å². The van der Waals surface area contributed by atoms with Crippen LogP contribution in [-0.4, -0.2) is 48.4 Å². The first-order valence-corrected chi connectivity index (χ1v) is 11.7. The second kappa shape index (κ2) is 9.57. The molecule has 0 aliphatic heterocycles. The number of hydrogen-bond donors (Lipinski definition) is 3. The van der Waals surface area contributed by atoms with E-state index in [0.29, 0.717) is 34.4 Å². The number of H-pyrrole nitrogens is 1. The molecule has 174 valence electrons. The van der Waals surface area contributed by atoms with Crippen molar-refractivity contribution in [2.45, 2.75) is 26.7 Å². The number of nitrogens with one attached hydrogen (secondary N) is 3. The number of aromatic nitrogens is 2. The second-order valence-corrected chi connectivity index (χ2v) is 9.33. The molecule has 11 heteroatoms. The number of rotatable bonds is 9. The fraction of sp³-hybridized carbons (Fsp3) is 0.273. The monoisotopic (exact) mass is 475 g/mol. The van der Waals surface area contributed by atoms with Gasteiger partial charge in [0.25, 0.3) is 0 Å². The molecule has 0 amide bonds. The van der Waals surface area contributed by atoms with Crippen LogP contribution in [0.3, 0.4) is 0 Å². The molecular weight excluding hydrogens is 452 g/mol. The number of pyridine rings is 1. The number of benzene rings is 1. The zero-order chi connectivity index (χ0) is 24.3. The highest BCUT2D eigenvalue weighted by Gasteiger charge is 2.26. The Bertz CT molecular complexity index is 1380. The average Bonchev–Trinajstić information content (AvgIpc) is 3.17. The van der Waals surface area contributed by atoms with Crippen LogP contribution in [0.2, 0.25) is 0 Å². The summed E-state index contributed by atoms with van der Waals surface area (Å²) in [5.41, 5.74) is 0.421. The summed E-state index contributed by atoms with van der Waals surface area (Å²) in [6.45, 7) is 3.28. The molecule has 0 aliphatic rings. The van der Waals surface area contributed by atoms with Gasteiger partial charge < -0.3 is 10.4 Å². The number of carbonyl (C=O) groups is 1. The summed E-state index contributed by atoms with van der Waals surface area (Å²) in [6.07, 6.45) is 3.40. The molecule has 0 saturated heterocycles. The lowest BCUT2D eigenvalue weighted by Crippen LogP contribution is -2.18. The van der Waals surface area contributed by atoms with Crippen LogP contribution < -0.4 is 4.72 Å². The van der Waals surface area contributed by atoms with Gasteiger partial charge in [0.05, 0.1) is 17.0 Å². The van der Waals surface area contributed by atoms with Crippen LogP contribution >= 0.6 is 0 Å². The van der Waals surface area contributed by atoms with Gasteiger partial charge in [0, 0.05) is 53.8 Å². The SMILES string of the molecule is CCCS(=O)(=O)Nc1ccc(F)c(C(=O)c2c[nH]c3ncc(C(CC(C)=N)=NC)cc23)c1F. The average molecular weight is 476 g/mol. The molecule has 3 rings (SSSR count). The Labute approximate surface area is 189 Å². The van der Waals surface area contributed by atoms with Crippen LogP contribution in [-0.2, 0) is 10.0 Å². The molecular formula is C22H23F2N5O3S. The smallest absolute Gasteiger partial charge is 0.232 e. The Kier molecular flexibility index (Phi) is 7.01. The van der Waals surface area contributed by atoms with Crippen LogP contribution in [0, 0.1) is 17.0 Å². The van der Waals surface area contributed by atoms with Crippen molar-refractivity contribution in [3.05, 3.63) is 58.9 Å². The molecule has 0 fully saturated rings. The lowest BCUT2D eigenvalue weighted by Gasteiger charge is -2.11. The molecule has 0 bridgehead atoms. The van der Waals surface area contributed by atoms with E-state index >= 15 is 4.39 Å². The third kappa shape index (κ3) is 5.14. The molecule has 0 atom stereocenters. The Morgan fingerprint density at radius 2 is 2.03 bits per heavy atom. The summed E-state index contributed by atoms with van der Waals surface area (Å²) in [4.78, 5) is 24.4. The van der Waals surface area contributed by atoms with E-state index in [1.165, 1.54) is 12.4 Å². The zero-order valence-electron chi connectivity index (χ0n) is 18.3. The number of aliphatic imine (C=N–C) groups is 1. The predicted molar refractivity (Wildman–Crippen MR) is 124 cm³/mol. The Morgan fingerprint density at radius 3 is 2.67 bits per heavy atom. The Morgan fingerprint density at radius 1 is 1.30 bits per heavy atom. The highest BCUT2D eigenvalue weighted by Crippen LogP contribution is 2.28. The minimum absolute atomic E-state index is 0.0345. The van der Waals surface area contributed by atoms with Crippen LogP contribution in [0.15, 0.2) is 35.6 Å². The van der Waals surface area contributed by atoms with Crippen molar-refractivity contribution in [1.82, 2.24) is 9.97 Å². The summed E-state index contributed by atoms with van der Waals surface area (Å²) in [5.74, 6) is -3.64. The fourth-order valence-electron chi connectivity index (χ4n) is 3.37. The molecule has 2 aromatic heterocycles. The number of fused-ring (bicyclic) bond motifs is 1. The molecule has 2 heterocycles. The number of aromatic amines is 1. The van der Waals surface area contributed by atoms with Gasteiger partial charge in [0.15, 0.2) is 5.82 Å². The number of sulfonamides is 1. The van der Waals surface area contributed by atoms with Crippen molar-refractivity contribution in [1.29, 1.82) is 5.41 Å². The van der Waals surface area contributed by atoms with Gasteiger partial charge in [-0.3, -0.25) is 14.5 Å². The highest BCUT2D eigenvalue weighted by atomic mass is 32.2. The highest BCUT2D eigenvalue weighted by molar-refractivity contribution is 7.92. The van der Waals surface area contributed by atoms with E-state index in [1.807, 2.05) is 0 Å². The maximum atomic E-state index is 15.1. The molecule has 3 aromatic rings. The molecule has 1 aromatic carbocycles. The van der Waals surface area contributed by atoms with Gasteiger partial charge in [-0.25, -0.2) is 22.2 Å². The first-order chi connectivity index (χ1) is 15.6. The topological polar surface area (TPSA) is 128 Å². The van der Waals surface area contributed by atoms with Crippen molar-refractivity contribution in [3.8, 4) is 0 Å². The van der Waals surface area contributed by atoms with Crippen LogP contribution in [0.1, 0.15) is 48.2 Å². The van der Waals surface area contributed by atoms with E-state index < -0.39 is 38.7 Å². The maximum absolute atomic E-state index is 15.1. The first-order valence-electron chi connectivity index (χ1n) is 10.1. The predicted octanol–water partition coefficient (Wildman–Crippen LogP) is 4.07. The molecule has 0 aliphatic carbocycles. The summed E-state index contributed by atoms with van der Waals surface area (Å²) in [7, 11) is -2.28. The summed E-state index contributed by atoms with van der Waals surface area (Å²) in [5, 5.41) is 8.01. The number of halogens is 2. The van der Waals surface area contributed by atoms with Crippen molar-refractivity contribution in [2.75, 3.05) is 17.5 Å².